The van der Waals surface area contributed by atoms with E-state index in [-0.39, 0.29) is 11.6 Å². The molecule has 0 saturated heterocycles. The van der Waals surface area contributed by atoms with E-state index in [0.29, 0.717) is 11.4 Å². The zero-order chi connectivity index (χ0) is 14.7. The molecule has 0 radical (unpaired) electrons. The number of aromatic carboxylic acids is 1. The van der Waals surface area contributed by atoms with E-state index in [2.05, 4.69) is 17.2 Å². The number of nitrogen functional groups attached to an aromatic ring is 1. The SMILES string of the molecule is CCc1cnc(C(C)Nc2cc(C(=O)O)ccc2N)s1. The highest BCUT2D eigenvalue weighted by Gasteiger charge is 2.13. The summed E-state index contributed by atoms with van der Waals surface area (Å²) in [6.45, 7) is 4.06. The van der Waals surface area contributed by atoms with Crippen molar-refractivity contribution < 1.29 is 9.90 Å². The Kier molecular flexibility index (Phi) is 4.24. The van der Waals surface area contributed by atoms with Crippen molar-refractivity contribution in [2.45, 2.75) is 26.3 Å². The molecule has 6 heteroatoms. The van der Waals surface area contributed by atoms with Crippen LogP contribution in [0.2, 0.25) is 0 Å². The number of carboxylic acid groups (broad SMARTS) is 1. The summed E-state index contributed by atoms with van der Waals surface area (Å²) < 4.78 is 0. The number of nitrogens with one attached hydrogen (secondary N) is 1. The molecule has 0 saturated carbocycles. The first kappa shape index (κ1) is 14.3. The number of aryl methyl sites for hydroxylation is 1. The Labute approximate surface area is 121 Å². The van der Waals surface area contributed by atoms with Gasteiger partial charge in [-0.1, -0.05) is 6.92 Å². The Morgan fingerprint density at radius 3 is 2.90 bits per heavy atom. The lowest BCUT2D eigenvalue weighted by molar-refractivity contribution is 0.0697. The van der Waals surface area contributed by atoms with Gasteiger partial charge >= 0.3 is 5.97 Å². The monoisotopic (exact) mass is 291 g/mol. The second-order valence-corrected chi connectivity index (χ2v) is 5.64. The molecule has 106 valence electrons. The smallest absolute Gasteiger partial charge is 0.335 e. The van der Waals surface area contributed by atoms with Crippen molar-refractivity contribution in [2.75, 3.05) is 11.1 Å². The largest absolute Gasteiger partial charge is 0.478 e. The maximum atomic E-state index is 11.0. The third-order valence-electron chi connectivity index (χ3n) is 2.96. The summed E-state index contributed by atoms with van der Waals surface area (Å²) in [6, 6.07) is 4.61. The van der Waals surface area contributed by atoms with Gasteiger partial charge in [-0.25, -0.2) is 9.78 Å². The highest BCUT2D eigenvalue weighted by molar-refractivity contribution is 7.11. The molecule has 0 bridgehead atoms. The van der Waals surface area contributed by atoms with E-state index in [4.69, 9.17) is 10.8 Å². The molecule has 0 aliphatic carbocycles. The van der Waals surface area contributed by atoms with Gasteiger partial charge < -0.3 is 16.2 Å². The molecule has 1 unspecified atom stereocenters. The molecule has 4 N–H and O–H groups in total. The maximum absolute atomic E-state index is 11.0. The third-order valence-corrected chi connectivity index (χ3v) is 4.29. The molecule has 1 atom stereocenters. The molecule has 2 rings (SSSR count). The van der Waals surface area contributed by atoms with Gasteiger partial charge in [0.05, 0.1) is 23.0 Å². The summed E-state index contributed by atoms with van der Waals surface area (Å²) >= 11 is 1.65. The van der Waals surface area contributed by atoms with Crippen LogP contribution in [-0.2, 0) is 6.42 Å². The topological polar surface area (TPSA) is 88.2 Å². The predicted octanol–water partition coefficient (Wildman–Crippen LogP) is 3.16. The predicted molar refractivity (Wildman–Crippen MR) is 81.3 cm³/mol. The molecular weight excluding hydrogens is 274 g/mol. The quantitative estimate of drug-likeness (QED) is 0.736. The lowest BCUT2D eigenvalue weighted by atomic mass is 10.1. The normalized spacial score (nSPS) is 12.1. The second kappa shape index (κ2) is 5.92. The Hall–Kier alpha value is -2.08. The molecule has 0 aliphatic heterocycles. The van der Waals surface area contributed by atoms with Crippen molar-refractivity contribution in [1.29, 1.82) is 0 Å². The van der Waals surface area contributed by atoms with Crippen LogP contribution in [0.4, 0.5) is 11.4 Å². The van der Waals surface area contributed by atoms with E-state index in [1.807, 2.05) is 13.1 Å². The first-order valence-corrected chi connectivity index (χ1v) is 7.17. The van der Waals surface area contributed by atoms with E-state index >= 15 is 0 Å². The molecule has 1 aromatic heterocycles. The average Bonchev–Trinajstić information content (AvgIpc) is 2.89. The number of carboxylic acids is 1. The number of nitrogens with zero attached hydrogens (tertiary/aromatic N) is 1. The standard InChI is InChI=1S/C14H17N3O2S/c1-3-10-7-16-13(20-10)8(2)17-12-6-9(14(18)19)4-5-11(12)15/h4-8,17H,3,15H2,1-2H3,(H,18,19). The maximum Gasteiger partial charge on any atom is 0.335 e. The van der Waals surface area contributed by atoms with Gasteiger partial charge in [0.1, 0.15) is 5.01 Å². The Morgan fingerprint density at radius 1 is 1.55 bits per heavy atom. The molecule has 20 heavy (non-hydrogen) atoms. The number of anilines is 2. The van der Waals surface area contributed by atoms with Crippen LogP contribution in [0.1, 0.15) is 40.1 Å². The summed E-state index contributed by atoms with van der Waals surface area (Å²) in [5.74, 6) is -0.969. The molecule has 0 aliphatic rings. The minimum Gasteiger partial charge on any atom is -0.478 e. The highest BCUT2D eigenvalue weighted by atomic mass is 32.1. The minimum atomic E-state index is -0.969. The van der Waals surface area contributed by atoms with Crippen molar-refractivity contribution in [3.05, 3.63) is 39.8 Å². The van der Waals surface area contributed by atoms with Crippen LogP contribution in [0.5, 0.6) is 0 Å². The number of thiazole rings is 1. The second-order valence-electron chi connectivity index (χ2n) is 4.49. The van der Waals surface area contributed by atoms with Crippen molar-refractivity contribution in [3.8, 4) is 0 Å². The summed E-state index contributed by atoms with van der Waals surface area (Å²) in [4.78, 5) is 16.6. The Bertz CT molecular complexity index is 625. The van der Waals surface area contributed by atoms with Crippen molar-refractivity contribution >= 4 is 28.7 Å². The molecular formula is C14H17N3O2S. The van der Waals surface area contributed by atoms with Crippen LogP contribution in [0.3, 0.4) is 0 Å². The van der Waals surface area contributed by atoms with Gasteiger partial charge in [-0.05, 0) is 31.5 Å². The van der Waals surface area contributed by atoms with Gasteiger partial charge in [-0.15, -0.1) is 11.3 Å². The molecule has 1 aromatic carbocycles. The number of aromatic nitrogens is 1. The van der Waals surface area contributed by atoms with E-state index in [1.54, 1.807) is 23.5 Å². The van der Waals surface area contributed by atoms with Gasteiger partial charge in [0.25, 0.3) is 0 Å². The lowest BCUT2D eigenvalue weighted by Crippen LogP contribution is -2.09. The Balaban J connectivity index is 2.20. The van der Waals surface area contributed by atoms with Crippen LogP contribution in [0.25, 0.3) is 0 Å². The van der Waals surface area contributed by atoms with Crippen LogP contribution in [0.15, 0.2) is 24.4 Å². The van der Waals surface area contributed by atoms with Crippen molar-refractivity contribution in [1.82, 2.24) is 4.98 Å². The molecule has 2 aromatic rings. The third kappa shape index (κ3) is 3.08. The van der Waals surface area contributed by atoms with Crippen molar-refractivity contribution in [3.63, 3.8) is 0 Å². The fraction of sp³-hybridized carbons (Fsp3) is 0.286. The van der Waals surface area contributed by atoms with Crippen molar-refractivity contribution in [2.24, 2.45) is 0 Å². The molecule has 0 fully saturated rings. The first-order valence-electron chi connectivity index (χ1n) is 6.35. The zero-order valence-electron chi connectivity index (χ0n) is 11.4. The van der Waals surface area contributed by atoms with Crippen LogP contribution < -0.4 is 11.1 Å². The van der Waals surface area contributed by atoms with Crippen LogP contribution in [-0.4, -0.2) is 16.1 Å². The number of benzene rings is 1. The average molecular weight is 291 g/mol. The zero-order valence-corrected chi connectivity index (χ0v) is 12.2. The fourth-order valence-electron chi connectivity index (χ4n) is 1.80. The summed E-state index contributed by atoms with van der Waals surface area (Å²) in [5.41, 5.74) is 7.22. The summed E-state index contributed by atoms with van der Waals surface area (Å²) in [7, 11) is 0. The first-order chi connectivity index (χ1) is 9.51. The summed E-state index contributed by atoms with van der Waals surface area (Å²) in [5, 5.41) is 13.2. The summed E-state index contributed by atoms with van der Waals surface area (Å²) in [6.07, 6.45) is 2.83. The van der Waals surface area contributed by atoms with E-state index in [1.165, 1.54) is 10.9 Å². The Morgan fingerprint density at radius 2 is 2.30 bits per heavy atom. The van der Waals surface area contributed by atoms with E-state index < -0.39 is 5.97 Å². The number of hydrogen-bond acceptors (Lipinski definition) is 5. The minimum absolute atomic E-state index is 0.0216. The van der Waals surface area contributed by atoms with Gasteiger partial charge in [0.15, 0.2) is 0 Å². The van der Waals surface area contributed by atoms with Gasteiger partial charge in [0, 0.05) is 11.1 Å². The molecule has 5 nitrogen and oxygen atoms in total. The van der Waals surface area contributed by atoms with Gasteiger partial charge in [0.2, 0.25) is 0 Å². The molecule has 1 heterocycles. The number of nitrogens with two attached hydrogens (primary N) is 1. The van der Waals surface area contributed by atoms with Crippen LogP contribution >= 0.6 is 11.3 Å². The number of hydrogen-bond donors (Lipinski definition) is 3. The number of rotatable bonds is 5. The molecule has 0 spiro atoms. The van der Waals surface area contributed by atoms with Gasteiger partial charge in [-0.3, -0.25) is 0 Å². The number of carbonyl (C=O) groups is 1. The van der Waals surface area contributed by atoms with E-state index in [0.717, 1.165) is 11.4 Å². The lowest BCUT2D eigenvalue weighted by Gasteiger charge is -2.15. The fourth-order valence-corrected chi connectivity index (χ4v) is 2.66. The van der Waals surface area contributed by atoms with Gasteiger partial charge in [-0.2, -0.15) is 0 Å². The molecule has 0 amide bonds. The van der Waals surface area contributed by atoms with E-state index in [9.17, 15) is 4.79 Å². The van der Waals surface area contributed by atoms with Crippen LogP contribution in [0, 0.1) is 0 Å². The highest BCUT2D eigenvalue weighted by Crippen LogP contribution is 2.27.